The molecule has 0 aromatic carbocycles. The van der Waals surface area contributed by atoms with Crippen molar-refractivity contribution >= 4 is 53.6 Å². The molecule has 0 atom stereocenters. The summed E-state index contributed by atoms with van der Waals surface area (Å²) in [6.45, 7) is 1.37. The molecule has 0 N–H and O–H groups in total. The summed E-state index contributed by atoms with van der Waals surface area (Å²) < 4.78 is 29.0. The van der Waals surface area contributed by atoms with E-state index in [0.29, 0.717) is 35.8 Å². The van der Waals surface area contributed by atoms with Gasteiger partial charge in [-0.3, -0.25) is 18.3 Å². The number of thiazole rings is 1. The van der Waals surface area contributed by atoms with Gasteiger partial charge in [0.25, 0.3) is 10.1 Å². The maximum atomic E-state index is 12.6. The normalized spacial score (nSPS) is 16.1. The Morgan fingerprint density at radius 3 is 2.78 bits per heavy atom. The van der Waals surface area contributed by atoms with Crippen LogP contribution in [-0.4, -0.2) is 54.7 Å². The number of piperidine rings is 1. The lowest BCUT2D eigenvalue weighted by molar-refractivity contribution is -0.133. The van der Waals surface area contributed by atoms with E-state index in [9.17, 15) is 18.0 Å². The molecular formula is C16H20BrN3O5S2. The highest BCUT2D eigenvalue weighted by atomic mass is 79.9. The van der Waals surface area contributed by atoms with E-state index in [1.807, 2.05) is 0 Å². The number of likely N-dealkylation sites (tertiary alicyclic amines) is 1. The minimum Gasteiger partial charge on any atom is -0.341 e. The van der Waals surface area contributed by atoms with Gasteiger partial charge in [-0.15, -0.1) is 0 Å². The van der Waals surface area contributed by atoms with E-state index < -0.39 is 10.1 Å². The number of carbonyl (C=O) groups is 1. The Balaban J connectivity index is 1.57. The zero-order valence-corrected chi connectivity index (χ0v) is 18.0. The summed E-state index contributed by atoms with van der Waals surface area (Å²) in [6.07, 6.45) is 4.92. The van der Waals surface area contributed by atoms with E-state index >= 15 is 0 Å². The van der Waals surface area contributed by atoms with Crippen LogP contribution in [0.2, 0.25) is 0 Å². The summed E-state index contributed by atoms with van der Waals surface area (Å²) >= 11 is 4.37. The van der Waals surface area contributed by atoms with E-state index in [4.69, 9.17) is 4.18 Å². The van der Waals surface area contributed by atoms with Crippen LogP contribution in [0.5, 0.6) is 0 Å². The number of fused-ring (bicyclic) bond motifs is 1. The standard InChI is InChI=1S/C16H20BrN3O5S2/c1-27(23,24)25-7-4-11-2-5-19(6-3-11)14(21)10-20-13-8-12(17)9-18-15(13)26-16(20)22/h8-9,11H,2-7,10H2,1H3. The maximum absolute atomic E-state index is 12.6. The largest absolute Gasteiger partial charge is 0.341 e. The fourth-order valence-electron chi connectivity index (χ4n) is 3.15. The van der Waals surface area contributed by atoms with Gasteiger partial charge in [0.05, 0.1) is 18.4 Å². The molecule has 11 heteroatoms. The molecule has 3 rings (SSSR count). The summed E-state index contributed by atoms with van der Waals surface area (Å²) in [5, 5.41) is 0. The van der Waals surface area contributed by atoms with E-state index in [-0.39, 0.29) is 23.9 Å². The molecule has 0 unspecified atom stereocenters. The van der Waals surface area contributed by atoms with E-state index in [0.717, 1.165) is 34.9 Å². The van der Waals surface area contributed by atoms with Crippen molar-refractivity contribution < 1.29 is 17.4 Å². The van der Waals surface area contributed by atoms with Gasteiger partial charge >= 0.3 is 4.87 Å². The molecule has 1 amide bonds. The van der Waals surface area contributed by atoms with Crippen molar-refractivity contribution in [2.45, 2.75) is 25.8 Å². The third kappa shape index (κ3) is 5.37. The molecular weight excluding hydrogens is 458 g/mol. The lowest BCUT2D eigenvalue weighted by atomic mass is 9.94. The molecule has 27 heavy (non-hydrogen) atoms. The zero-order valence-electron chi connectivity index (χ0n) is 14.8. The summed E-state index contributed by atoms with van der Waals surface area (Å²) in [7, 11) is -3.41. The van der Waals surface area contributed by atoms with Gasteiger partial charge < -0.3 is 4.90 Å². The summed E-state index contributed by atoms with van der Waals surface area (Å²) in [5.41, 5.74) is 0.653. The summed E-state index contributed by atoms with van der Waals surface area (Å²) in [6, 6.07) is 1.79. The lowest BCUT2D eigenvalue weighted by Crippen LogP contribution is -2.41. The highest BCUT2D eigenvalue weighted by Crippen LogP contribution is 2.22. The molecule has 0 saturated carbocycles. The van der Waals surface area contributed by atoms with Crippen LogP contribution in [0.1, 0.15) is 19.3 Å². The van der Waals surface area contributed by atoms with Crippen LogP contribution in [-0.2, 0) is 25.6 Å². The van der Waals surface area contributed by atoms with E-state index in [2.05, 4.69) is 20.9 Å². The predicted molar refractivity (Wildman–Crippen MR) is 106 cm³/mol. The van der Waals surface area contributed by atoms with Crippen molar-refractivity contribution in [1.29, 1.82) is 0 Å². The van der Waals surface area contributed by atoms with Gasteiger partial charge in [0, 0.05) is 23.8 Å². The molecule has 3 heterocycles. The number of aromatic nitrogens is 2. The molecule has 8 nitrogen and oxygen atoms in total. The average molecular weight is 478 g/mol. The van der Waals surface area contributed by atoms with Crippen LogP contribution in [0, 0.1) is 5.92 Å². The monoisotopic (exact) mass is 477 g/mol. The Bertz CT molecular complexity index is 993. The Hall–Kier alpha value is -1.30. The third-order valence-electron chi connectivity index (χ3n) is 4.58. The van der Waals surface area contributed by atoms with Gasteiger partial charge in [-0.05, 0) is 47.2 Å². The third-order valence-corrected chi connectivity index (χ3v) is 6.51. The fraction of sp³-hybridized carbons (Fsp3) is 0.562. The summed E-state index contributed by atoms with van der Waals surface area (Å²) in [4.78, 5) is 31.2. The number of amides is 1. The molecule has 0 spiro atoms. The first-order chi connectivity index (χ1) is 12.7. The highest BCUT2D eigenvalue weighted by Gasteiger charge is 2.24. The minimum absolute atomic E-state index is 0.00117. The van der Waals surface area contributed by atoms with Gasteiger partial charge in [-0.25, -0.2) is 4.98 Å². The Morgan fingerprint density at radius 1 is 1.41 bits per heavy atom. The van der Waals surface area contributed by atoms with Gasteiger partial charge in [-0.1, -0.05) is 11.3 Å². The molecule has 2 aromatic rings. The van der Waals surface area contributed by atoms with Crippen molar-refractivity contribution in [3.05, 3.63) is 26.4 Å². The van der Waals surface area contributed by atoms with Gasteiger partial charge in [0.15, 0.2) is 0 Å². The van der Waals surface area contributed by atoms with Crippen LogP contribution in [0.15, 0.2) is 21.5 Å². The molecule has 1 aliphatic heterocycles. The molecule has 0 radical (unpaired) electrons. The van der Waals surface area contributed by atoms with Crippen LogP contribution < -0.4 is 4.87 Å². The second-order valence-electron chi connectivity index (χ2n) is 6.57. The molecule has 148 valence electrons. The molecule has 1 fully saturated rings. The first-order valence-electron chi connectivity index (χ1n) is 8.50. The van der Waals surface area contributed by atoms with Crippen molar-refractivity contribution in [2.24, 2.45) is 5.92 Å². The van der Waals surface area contributed by atoms with Crippen molar-refractivity contribution in [2.75, 3.05) is 26.0 Å². The fourth-order valence-corrected chi connectivity index (χ4v) is 4.68. The molecule has 0 bridgehead atoms. The maximum Gasteiger partial charge on any atom is 0.310 e. The van der Waals surface area contributed by atoms with Crippen LogP contribution in [0.25, 0.3) is 10.3 Å². The molecule has 1 saturated heterocycles. The number of hydrogen-bond donors (Lipinski definition) is 0. The highest BCUT2D eigenvalue weighted by molar-refractivity contribution is 9.10. The van der Waals surface area contributed by atoms with Crippen molar-refractivity contribution in [1.82, 2.24) is 14.5 Å². The van der Waals surface area contributed by atoms with Crippen LogP contribution in [0.4, 0.5) is 0 Å². The SMILES string of the molecule is CS(=O)(=O)OCCC1CCN(C(=O)Cn2c(=O)sc3ncc(Br)cc32)CC1. The predicted octanol–water partition coefficient (Wildman–Crippen LogP) is 1.83. The zero-order chi connectivity index (χ0) is 19.6. The van der Waals surface area contributed by atoms with Gasteiger partial charge in [0.1, 0.15) is 11.4 Å². The Kier molecular flexibility index (Phi) is 6.34. The first-order valence-corrected chi connectivity index (χ1v) is 11.9. The quantitative estimate of drug-likeness (QED) is 0.588. The van der Waals surface area contributed by atoms with Crippen LogP contribution in [0.3, 0.4) is 0 Å². The number of nitrogens with zero attached hydrogens (tertiary/aromatic N) is 3. The van der Waals surface area contributed by atoms with Crippen molar-refractivity contribution in [3.8, 4) is 0 Å². The van der Waals surface area contributed by atoms with E-state index in [1.54, 1.807) is 17.2 Å². The minimum atomic E-state index is -3.41. The van der Waals surface area contributed by atoms with Gasteiger partial charge in [-0.2, -0.15) is 8.42 Å². The first kappa shape index (κ1) is 20.4. The number of carbonyl (C=O) groups excluding carboxylic acids is 1. The smallest absolute Gasteiger partial charge is 0.310 e. The number of halogens is 1. The van der Waals surface area contributed by atoms with Crippen molar-refractivity contribution in [3.63, 3.8) is 0 Å². The Labute approximate surface area is 169 Å². The number of hydrogen-bond acceptors (Lipinski definition) is 7. The Morgan fingerprint density at radius 2 is 2.11 bits per heavy atom. The molecule has 1 aliphatic rings. The average Bonchev–Trinajstić information content (AvgIpc) is 2.89. The van der Waals surface area contributed by atoms with Gasteiger partial charge in [0.2, 0.25) is 5.91 Å². The van der Waals surface area contributed by atoms with E-state index in [1.165, 1.54) is 4.57 Å². The summed E-state index contributed by atoms with van der Waals surface area (Å²) in [5.74, 6) is 0.239. The second kappa shape index (κ2) is 8.38. The van der Waals surface area contributed by atoms with Crippen LogP contribution >= 0.6 is 27.3 Å². The second-order valence-corrected chi connectivity index (χ2v) is 10.1. The molecule has 2 aromatic heterocycles. The topological polar surface area (TPSA) is 98.6 Å². The number of pyridine rings is 1. The molecule has 0 aliphatic carbocycles. The lowest BCUT2D eigenvalue weighted by Gasteiger charge is -2.32. The number of rotatable bonds is 6.